The van der Waals surface area contributed by atoms with E-state index in [1.807, 2.05) is 26.8 Å². The summed E-state index contributed by atoms with van der Waals surface area (Å²) >= 11 is 0. The van der Waals surface area contributed by atoms with Crippen molar-refractivity contribution in [1.29, 1.82) is 0 Å². The number of carbonyl (C=O) groups excluding carboxylic acids is 2. The summed E-state index contributed by atoms with van der Waals surface area (Å²) in [5, 5.41) is 3.60. The van der Waals surface area contributed by atoms with Crippen molar-refractivity contribution in [2.75, 3.05) is 5.32 Å². The standard InChI is InChI=1S/C21H28N4O2/c1-21(2,3)20(27)25-13-7-8-14(25)10-12(9-13)24-18-15-5-4-6-17(15)23-11-16(18)19(22)26/h4-5,11-14H,6-10H2,1-3H3,(H2,22,26)(H,23,24)/t12?,13-,14+. The molecule has 1 aromatic rings. The molecule has 1 unspecified atom stereocenters. The SMILES string of the molecule is CC(C)(C)C(=O)N1[C@@H]2CC[C@H]1CC(Nc1c(C(N)=O)cnc3c1C=CC3)C2. The van der Waals surface area contributed by atoms with Crippen LogP contribution in [0.1, 0.15) is 68.1 Å². The Labute approximate surface area is 160 Å². The van der Waals surface area contributed by atoms with Gasteiger partial charge in [-0.2, -0.15) is 0 Å². The van der Waals surface area contributed by atoms with Gasteiger partial charge in [0.05, 0.1) is 16.9 Å². The fourth-order valence-electron chi connectivity index (χ4n) is 4.76. The Bertz CT molecular complexity index is 810. The Morgan fingerprint density at radius 1 is 1.22 bits per heavy atom. The number of amides is 2. The number of nitrogens with two attached hydrogens (primary N) is 1. The second kappa shape index (κ2) is 6.36. The van der Waals surface area contributed by atoms with E-state index in [0.29, 0.717) is 5.56 Å². The van der Waals surface area contributed by atoms with Crippen molar-refractivity contribution < 1.29 is 9.59 Å². The lowest BCUT2D eigenvalue weighted by Gasteiger charge is -2.42. The number of hydrogen-bond acceptors (Lipinski definition) is 4. The molecular weight excluding hydrogens is 340 g/mol. The van der Waals surface area contributed by atoms with Crippen LogP contribution in [0.3, 0.4) is 0 Å². The van der Waals surface area contributed by atoms with Crippen LogP contribution in [-0.2, 0) is 11.2 Å². The Balaban J connectivity index is 1.57. The zero-order chi connectivity index (χ0) is 19.3. The minimum Gasteiger partial charge on any atom is -0.381 e. The number of anilines is 1. The molecule has 0 radical (unpaired) electrons. The molecule has 3 aliphatic rings. The molecule has 2 fully saturated rings. The molecule has 1 aliphatic carbocycles. The van der Waals surface area contributed by atoms with E-state index in [9.17, 15) is 9.59 Å². The van der Waals surface area contributed by atoms with Crippen LogP contribution in [0.15, 0.2) is 12.3 Å². The summed E-state index contributed by atoms with van der Waals surface area (Å²) < 4.78 is 0. The first-order chi connectivity index (χ1) is 12.8. The van der Waals surface area contributed by atoms with Gasteiger partial charge in [-0.3, -0.25) is 14.6 Å². The van der Waals surface area contributed by atoms with Crippen LogP contribution in [0, 0.1) is 5.41 Å². The molecule has 4 rings (SSSR count). The summed E-state index contributed by atoms with van der Waals surface area (Å²) in [7, 11) is 0. The van der Waals surface area contributed by atoms with E-state index < -0.39 is 5.91 Å². The summed E-state index contributed by atoms with van der Waals surface area (Å²) in [6.07, 6.45) is 10.4. The maximum Gasteiger partial charge on any atom is 0.252 e. The minimum atomic E-state index is -0.462. The summed E-state index contributed by atoms with van der Waals surface area (Å²) in [4.78, 5) is 31.3. The third-order valence-electron chi connectivity index (χ3n) is 6.02. The van der Waals surface area contributed by atoms with Crippen molar-refractivity contribution in [3.8, 4) is 0 Å². The normalized spacial score (nSPS) is 26.2. The van der Waals surface area contributed by atoms with Gasteiger partial charge >= 0.3 is 0 Å². The van der Waals surface area contributed by atoms with Crippen LogP contribution >= 0.6 is 0 Å². The first-order valence-electron chi connectivity index (χ1n) is 9.83. The number of pyridine rings is 1. The molecule has 144 valence electrons. The van der Waals surface area contributed by atoms with Gasteiger partial charge in [-0.1, -0.05) is 32.9 Å². The molecule has 2 saturated heterocycles. The van der Waals surface area contributed by atoms with Crippen LogP contribution in [0.4, 0.5) is 5.69 Å². The number of allylic oxidation sites excluding steroid dienone is 1. The van der Waals surface area contributed by atoms with Gasteiger partial charge in [0.2, 0.25) is 5.91 Å². The molecular formula is C21H28N4O2. The number of carbonyl (C=O) groups is 2. The Morgan fingerprint density at radius 3 is 2.48 bits per heavy atom. The number of fused-ring (bicyclic) bond motifs is 3. The molecule has 3 atom stereocenters. The number of nitrogens with one attached hydrogen (secondary N) is 1. The van der Waals surface area contributed by atoms with Crippen molar-refractivity contribution >= 4 is 23.6 Å². The third-order valence-corrected chi connectivity index (χ3v) is 6.02. The summed E-state index contributed by atoms with van der Waals surface area (Å²) in [6.45, 7) is 5.97. The first kappa shape index (κ1) is 18.0. The highest BCUT2D eigenvalue weighted by molar-refractivity contribution is 6.00. The summed E-state index contributed by atoms with van der Waals surface area (Å²) in [6, 6.07) is 0.774. The van der Waals surface area contributed by atoms with E-state index in [4.69, 9.17) is 5.73 Å². The van der Waals surface area contributed by atoms with Gasteiger partial charge in [0.15, 0.2) is 0 Å². The van der Waals surface area contributed by atoms with E-state index in [-0.39, 0.29) is 29.4 Å². The van der Waals surface area contributed by atoms with Crippen molar-refractivity contribution in [2.45, 2.75) is 71.0 Å². The molecule has 0 spiro atoms. The zero-order valence-corrected chi connectivity index (χ0v) is 16.3. The fraction of sp³-hybridized carbons (Fsp3) is 0.571. The monoisotopic (exact) mass is 368 g/mol. The second-order valence-electron chi connectivity index (χ2n) is 9.04. The van der Waals surface area contributed by atoms with Gasteiger partial charge in [-0.25, -0.2) is 0 Å². The van der Waals surface area contributed by atoms with Crippen LogP contribution in [-0.4, -0.2) is 39.8 Å². The van der Waals surface area contributed by atoms with Crippen molar-refractivity contribution in [3.63, 3.8) is 0 Å². The average Bonchev–Trinajstić information content (AvgIpc) is 3.16. The number of rotatable bonds is 3. The van der Waals surface area contributed by atoms with E-state index in [2.05, 4.69) is 21.3 Å². The number of hydrogen-bond donors (Lipinski definition) is 2. The van der Waals surface area contributed by atoms with E-state index in [0.717, 1.165) is 49.0 Å². The molecule has 2 amide bonds. The highest BCUT2D eigenvalue weighted by Gasteiger charge is 2.45. The number of aromatic nitrogens is 1. The van der Waals surface area contributed by atoms with Gasteiger partial charge in [-0.15, -0.1) is 0 Å². The molecule has 3 N–H and O–H groups in total. The van der Waals surface area contributed by atoms with Crippen LogP contribution in [0.5, 0.6) is 0 Å². The zero-order valence-electron chi connectivity index (χ0n) is 16.3. The smallest absolute Gasteiger partial charge is 0.252 e. The Hall–Kier alpha value is -2.37. The summed E-state index contributed by atoms with van der Waals surface area (Å²) in [5.41, 5.74) is 8.45. The van der Waals surface area contributed by atoms with Gasteiger partial charge in [0.1, 0.15) is 0 Å². The van der Waals surface area contributed by atoms with Gasteiger partial charge < -0.3 is 16.0 Å². The van der Waals surface area contributed by atoms with Crippen molar-refractivity contribution in [2.24, 2.45) is 11.1 Å². The molecule has 2 aliphatic heterocycles. The number of piperidine rings is 1. The van der Waals surface area contributed by atoms with Crippen LogP contribution in [0.25, 0.3) is 6.08 Å². The number of primary amides is 1. The van der Waals surface area contributed by atoms with E-state index >= 15 is 0 Å². The molecule has 1 aromatic heterocycles. The van der Waals surface area contributed by atoms with E-state index in [1.165, 1.54) is 0 Å². The fourth-order valence-corrected chi connectivity index (χ4v) is 4.76. The quantitative estimate of drug-likeness (QED) is 0.859. The Kier molecular flexibility index (Phi) is 4.24. The average molecular weight is 368 g/mol. The highest BCUT2D eigenvalue weighted by Crippen LogP contribution is 2.40. The maximum absolute atomic E-state index is 12.9. The maximum atomic E-state index is 12.9. The lowest BCUT2D eigenvalue weighted by Crippen LogP contribution is -2.53. The highest BCUT2D eigenvalue weighted by atomic mass is 16.2. The predicted molar refractivity (Wildman–Crippen MR) is 105 cm³/mol. The van der Waals surface area contributed by atoms with Gasteiger partial charge in [0, 0.05) is 41.7 Å². The van der Waals surface area contributed by atoms with Crippen LogP contribution < -0.4 is 11.1 Å². The third kappa shape index (κ3) is 3.11. The van der Waals surface area contributed by atoms with Gasteiger partial charge in [0.25, 0.3) is 5.91 Å². The lowest BCUT2D eigenvalue weighted by molar-refractivity contribution is -0.144. The Morgan fingerprint density at radius 2 is 1.89 bits per heavy atom. The summed E-state index contributed by atoms with van der Waals surface area (Å²) in [5.74, 6) is -0.213. The van der Waals surface area contributed by atoms with Crippen LogP contribution in [0.2, 0.25) is 0 Å². The van der Waals surface area contributed by atoms with Crippen molar-refractivity contribution in [3.05, 3.63) is 29.1 Å². The molecule has 0 saturated carbocycles. The molecule has 27 heavy (non-hydrogen) atoms. The van der Waals surface area contributed by atoms with E-state index in [1.54, 1.807) is 6.20 Å². The second-order valence-corrected chi connectivity index (χ2v) is 9.04. The molecule has 0 aromatic carbocycles. The first-order valence-corrected chi connectivity index (χ1v) is 9.83. The number of nitrogens with zero attached hydrogens (tertiary/aromatic N) is 2. The molecule has 3 heterocycles. The lowest BCUT2D eigenvalue weighted by atomic mass is 9.89. The predicted octanol–water partition coefficient (Wildman–Crippen LogP) is 2.73. The topological polar surface area (TPSA) is 88.3 Å². The van der Waals surface area contributed by atoms with Gasteiger partial charge in [-0.05, 0) is 25.7 Å². The molecule has 6 heteroatoms. The molecule has 6 nitrogen and oxygen atoms in total. The molecule has 2 bridgehead atoms. The largest absolute Gasteiger partial charge is 0.381 e. The van der Waals surface area contributed by atoms with Crippen molar-refractivity contribution in [1.82, 2.24) is 9.88 Å². The minimum absolute atomic E-state index is 0.227.